The van der Waals surface area contributed by atoms with Crippen LogP contribution in [0.3, 0.4) is 0 Å². The maximum atomic E-state index is 12.3. The zero-order valence-electron chi connectivity index (χ0n) is 20.1. The van der Waals surface area contributed by atoms with Crippen molar-refractivity contribution in [3.63, 3.8) is 0 Å². The summed E-state index contributed by atoms with van der Waals surface area (Å²) in [6.07, 6.45) is 0.503. The smallest absolute Gasteiger partial charge is 0.268 e. The van der Waals surface area contributed by atoms with Crippen LogP contribution >= 0.6 is 0 Å². The molecule has 0 radical (unpaired) electrons. The molecule has 3 amide bonds. The highest BCUT2D eigenvalue weighted by Crippen LogP contribution is 2.10. The molecule has 10 heteroatoms. The molecule has 190 valence electrons. The largest absolute Gasteiger partial charge is 0.391 e. The summed E-state index contributed by atoms with van der Waals surface area (Å²) in [6, 6.07) is 17.8. The van der Waals surface area contributed by atoms with E-state index in [-0.39, 0.29) is 18.0 Å². The van der Waals surface area contributed by atoms with Gasteiger partial charge >= 0.3 is 0 Å². The molecule has 0 bridgehead atoms. The Morgan fingerprint density at radius 1 is 0.946 bits per heavy atom. The van der Waals surface area contributed by atoms with E-state index in [2.05, 4.69) is 32.8 Å². The molecule has 0 fully saturated rings. The normalized spacial score (nSPS) is 11.9. The molecule has 0 unspecified atom stereocenters. The zero-order chi connectivity index (χ0) is 26.6. The van der Waals surface area contributed by atoms with Crippen LogP contribution in [0.1, 0.15) is 34.1 Å². The number of nitrogens with zero attached hydrogens (tertiary/aromatic N) is 1. The average Bonchev–Trinajstić information content (AvgIpc) is 2.91. The van der Waals surface area contributed by atoms with Crippen LogP contribution in [0.25, 0.3) is 0 Å². The number of aliphatic hydroxyl groups is 1. The van der Waals surface area contributed by atoms with Gasteiger partial charge in [-0.25, -0.2) is 5.48 Å². The number of nitrogens with one attached hydrogen (secondary N) is 4. The quantitative estimate of drug-likeness (QED) is 0.146. The molecule has 2 atom stereocenters. The molecule has 0 aliphatic carbocycles. The summed E-state index contributed by atoms with van der Waals surface area (Å²) >= 11 is 0. The van der Waals surface area contributed by atoms with E-state index in [0.717, 1.165) is 11.3 Å². The number of aromatic nitrogens is 1. The van der Waals surface area contributed by atoms with Crippen LogP contribution in [0.2, 0.25) is 0 Å². The van der Waals surface area contributed by atoms with Crippen LogP contribution in [0.5, 0.6) is 0 Å². The molecule has 1 aromatic heterocycles. The molecule has 3 aromatic rings. The van der Waals surface area contributed by atoms with E-state index in [9.17, 15) is 19.5 Å². The van der Waals surface area contributed by atoms with Crippen LogP contribution in [0.4, 0.5) is 5.69 Å². The third-order valence-electron chi connectivity index (χ3n) is 5.15. The van der Waals surface area contributed by atoms with Gasteiger partial charge in [0.25, 0.3) is 11.8 Å². The van der Waals surface area contributed by atoms with Crippen molar-refractivity contribution in [3.8, 4) is 11.8 Å². The predicted octanol–water partition coefficient (Wildman–Crippen LogP) is 1.19. The molecular formula is C27H27N5O5. The van der Waals surface area contributed by atoms with Gasteiger partial charge in [-0.3, -0.25) is 24.6 Å². The summed E-state index contributed by atoms with van der Waals surface area (Å²) in [7, 11) is 0. The summed E-state index contributed by atoms with van der Waals surface area (Å²) in [6.45, 7) is 1.97. The Bertz CT molecular complexity index is 1270. The lowest BCUT2D eigenvalue weighted by atomic mass is 10.1. The van der Waals surface area contributed by atoms with Crippen LogP contribution in [0.15, 0.2) is 72.9 Å². The lowest BCUT2D eigenvalue weighted by Gasteiger charge is -2.19. The number of benzene rings is 2. The van der Waals surface area contributed by atoms with E-state index < -0.39 is 24.0 Å². The molecule has 6 N–H and O–H groups in total. The number of anilines is 1. The van der Waals surface area contributed by atoms with Crippen molar-refractivity contribution in [1.29, 1.82) is 0 Å². The maximum absolute atomic E-state index is 12.3. The highest BCUT2D eigenvalue weighted by molar-refractivity contribution is 5.97. The van der Waals surface area contributed by atoms with E-state index in [0.29, 0.717) is 17.8 Å². The molecule has 3 rings (SSSR count). The molecule has 0 saturated heterocycles. The number of amides is 3. The number of aliphatic hydroxyl groups excluding tert-OH is 1. The van der Waals surface area contributed by atoms with Crippen LogP contribution in [-0.2, 0) is 16.1 Å². The van der Waals surface area contributed by atoms with E-state index >= 15 is 0 Å². The maximum Gasteiger partial charge on any atom is 0.268 e. The highest BCUT2D eigenvalue weighted by atomic mass is 16.5. The third kappa shape index (κ3) is 8.55. The first-order chi connectivity index (χ1) is 17.9. The highest BCUT2D eigenvalue weighted by Gasteiger charge is 2.25. The second-order valence-corrected chi connectivity index (χ2v) is 8.05. The molecule has 10 nitrogen and oxygen atoms in total. The first kappa shape index (κ1) is 27.0. The molecule has 0 saturated carbocycles. The summed E-state index contributed by atoms with van der Waals surface area (Å²) in [5.41, 5.74) is 4.58. The summed E-state index contributed by atoms with van der Waals surface area (Å²) in [5.74, 6) is 4.33. The number of pyridine rings is 1. The van der Waals surface area contributed by atoms with Crippen molar-refractivity contribution in [1.82, 2.24) is 21.1 Å². The fourth-order valence-corrected chi connectivity index (χ4v) is 3.20. The minimum absolute atomic E-state index is 0.153. The van der Waals surface area contributed by atoms with Crippen molar-refractivity contribution in [2.75, 3.05) is 11.9 Å². The van der Waals surface area contributed by atoms with Crippen molar-refractivity contribution in [3.05, 3.63) is 95.3 Å². The second-order valence-electron chi connectivity index (χ2n) is 8.05. The molecular weight excluding hydrogens is 474 g/mol. The Kier molecular flexibility index (Phi) is 9.87. The van der Waals surface area contributed by atoms with Gasteiger partial charge in [-0.1, -0.05) is 17.9 Å². The van der Waals surface area contributed by atoms with Crippen LogP contribution in [0, 0.1) is 11.8 Å². The van der Waals surface area contributed by atoms with Crippen molar-refractivity contribution in [2.24, 2.45) is 0 Å². The molecule has 0 spiro atoms. The molecule has 1 heterocycles. The second kappa shape index (κ2) is 13.5. The van der Waals surface area contributed by atoms with Crippen LogP contribution in [-0.4, -0.2) is 51.7 Å². The van der Waals surface area contributed by atoms with Gasteiger partial charge < -0.3 is 21.1 Å². The van der Waals surface area contributed by atoms with Crippen molar-refractivity contribution in [2.45, 2.75) is 25.6 Å². The molecule has 2 aromatic carbocycles. The van der Waals surface area contributed by atoms with Gasteiger partial charge in [-0.15, -0.1) is 0 Å². The first-order valence-corrected chi connectivity index (χ1v) is 11.4. The van der Waals surface area contributed by atoms with Gasteiger partial charge in [0.05, 0.1) is 18.3 Å². The van der Waals surface area contributed by atoms with Gasteiger partial charge in [0.1, 0.15) is 6.04 Å². The van der Waals surface area contributed by atoms with Gasteiger partial charge in [0.15, 0.2) is 0 Å². The molecule has 0 aliphatic heterocycles. The Labute approximate surface area is 214 Å². The number of rotatable bonds is 9. The average molecular weight is 502 g/mol. The first-order valence-electron chi connectivity index (χ1n) is 11.4. The minimum atomic E-state index is -1.30. The van der Waals surface area contributed by atoms with E-state index in [4.69, 9.17) is 5.21 Å². The lowest BCUT2D eigenvalue weighted by Crippen LogP contribution is -2.51. The monoisotopic (exact) mass is 501 g/mol. The molecule has 0 aliphatic rings. The number of carbonyl (C=O) groups is 3. The zero-order valence-corrected chi connectivity index (χ0v) is 20.1. The Morgan fingerprint density at radius 2 is 1.59 bits per heavy atom. The predicted molar refractivity (Wildman–Crippen MR) is 136 cm³/mol. The number of hydrogen-bond acceptors (Lipinski definition) is 7. The third-order valence-corrected chi connectivity index (χ3v) is 5.15. The van der Waals surface area contributed by atoms with Gasteiger partial charge in [-0.2, -0.15) is 0 Å². The fraction of sp³-hybridized carbons (Fsp3) is 0.185. The standard InChI is InChI=1S/C27H27N5O5/c1-18(33)25(27(36)32-37)31-26(35)21-11-7-19(8-12-21)5-6-20-9-13-22(14-10-20)30-24(34)17-28-16-23-4-2-3-15-29-23/h2-4,7-15,18,25,28,33,37H,16-17H2,1H3,(H,30,34)(H,31,35)(H,32,36)/t18-,25+/m1/s1. The van der Waals surface area contributed by atoms with E-state index in [1.165, 1.54) is 24.5 Å². The van der Waals surface area contributed by atoms with Crippen molar-refractivity contribution >= 4 is 23.4 Å². The molecule has 37 heavy (non-hydrogen) atoms. The SMILES string of the molecule is C[C@@H](O)[C@H](NC(=O)c1ccc(C#Cc2ccc(NC(=O)CNCc3ccccn3)cc2)cc1)C(=O)NO. The number of carbonyl (C=O) groups excluding carboxylic acids is 3. The summed E-state index contributed by atoms with van der Waals surface area (Å²) in [4.78, 5) is 40.2. The topological polar surface area (TPSA) is 153 Å². The van der Waals surface area contributed by atoms with E-state index in [1.54, 1.807) is 42.6 Å². The summed E-state index contributed by atoms with van der Waals surface area (Å²) < 4.78 is 0. The Balaban J connectivity index is 1.51. The number of hydroxylamine groups is 1. The minimum Gasteiger partial charge on any atom is -0.391 e. The van der Waals surface area contributed by atoms with Gasteiger partial charge in [-0.05, 0) is 67.6 Å². The Hall–Kier alpha value is -4.56. The number of hydrogen-bond donors (Lipinski definition) is 6. The summed E-state index contributed by atoms with van der Waals surface area (Å²) in [5, 5.41) is 26.6. The van der Waals surface area contributed by atoms with E-state index in [1.807, 2.05) is 18.2 Å². The fourth-order valence-electron chi connectivity index (χ4n) is 3.20. The van der Waals surface area contributed by atoms with Crippen LogP contribution < -0.4 is 21.4 Å². The lowest BCUT2D eigenvalue weighted by molar-refractivity contribution is -0.133. The van der Waals surface area contributed by atoms with Gasteiger partial charge in [0.2, 0.25) is 5.91 Å². The van der Waals surface area contributed by atoms with Gasteiger partial charge in [0, 0.05) is 35.1 Å². The Morgan fingerprint density at radius 3 is 2.16 bits per heavy atom. The van der Waals surface area contributed by atoms with Crippen molar-refractivity contribution < 1.29 is 24.7 Å².